The standard InChI is InChI=1S/C21H22Cl2N8S/c22-11-7-12-13(28-9-11)8-21(17(12)24)2-5-31(6-3-21)15-10-29-20(19(26)30-15)32-14-1-4-27-18(25)16(14)23/h1,4,7,9-10,17H,2-3,5-6,8,24H2,(H2,25,27)(H2,26,30)/t17-/m1/s1. The molecule has 1 saturated heterocycles. The van der Waals surface area contributed by atoms with Crippen molar-refractivity contribution in [1.82, 2.24) is 19.9 Å². The van der Waals surface area contributed by atoms with Crippen LogP contribution in [0.15, 0.2) is 40.6 Å². The van der Waals surface area contributed by atoms with E-state index in [0.717, 1.165) is 54.3 Å². The van der Waals surface area contributed by atoms with Crippen LogP contribution in [0.2, 0.25) is 10.0 Å². The summed E-state index contributed by atoms with van der Waals surface area (Å²) < 4.78 is 0. The minimum Gasteiger partial charge on any atom is -0.382 e. The van der Waals surface area contributed by atoms with Gasteiger partial charge in [0.1, 0.15) is 16.7 Å². The molecule has 11 heteroatoms. The molecule has 1 aliphatic carbocycles. The molecule has 0 bridgehead atoms. The molecule has 32 heavy (non-hydrogen) atoms. The lowest BCUT2D eigenvalue weighted by Crippen LogP contribution is -2.44. The van der Waals surface area contributed by atoms with Gasteiger partial charge in [0, 0.05) is 42.1 Å². The number of fused-ring (bicyclic) bond motifs is 1. The maximum absolute atomic E-state index is 6.66. The summed E-state index contributed by atoms with van der Waals surface area (Å²) in [6.07, 6.45) is 7.80. The number of rotatable bonds is 3. The Hall–Kier alpha value is -2.33. The van der Waals surface area contributed by atoms with E-state index in [0.29, 0.717) is 20.9 Å². The van der Waals surface area contributed by atoms with Gasteiger partial charge in [-0.1, -0.05) is 35.0 Å². The third-order valence-electron chi connectivity index (χ3n) is 6.41. The van der Waals surface area contributed by atoms with Crippen LogP contribution in [-0.4, -0.2) is 33.0 Å². The minimum absolute atomic E-state index is 0.00328. The number of aromatic nitrogens is 4. The molecule has 0 unspecified atom stereocenters. The van der Waals surface area contributed by atoms with Crippen LogP contribution in [0.4, 0.5) is 17.5 Å². The molecule has 8 nitrogen and oxygen atoms in total. The number of anilines is 3. The number of pyridine rings is 2. The first kappa shape index (κ1) is 21.5. The molecule has 1 spiro atoms. The lowest BCUT2D eigenvalue weighted by atomic mass is 9.73. The van der Waals surface area contributed by atoms with Crippen LogP contribution in [0.1, 0.15) is 30.1 Å². The van der Waals surface area contributed by atoms with Gasteiger partial charge in [-0.25, -0.2) is 15.0 Å². The zero-order valence-corrected chi connectivity index (χ0v) is 19.5. The average molecular weight is 489 g/mol. The van der Waals surface area contributed by atoms with E-state index in [-0.39, 0.29) is 17.3 Å². The van der Waals surface area contributed by atoms with Gasteiger partial charge in [0.2, 0.25) is 0 Å². The van der Waals surface area contributed by atoms with E-state index >= 15 is 0 Å². The van der Waals surface area contributed by atoms with Crippen LogP contribution in [-0.2, 0) is 6.42 Å². The largest absolute Gasteiger partial charge is 0.382 e. The van der Waals surface area contributed by atoms with Crippen molar-refractivity contribution < 1.29 is 0 Å². The molecule has 0 radical (unpaired) electrons. The summed E-state index contributed by atoms with van der Waals surface area (Å²) in [5.74, 6) is 1.38. The van der Waals surface area contributed by atoms with Crippen molar-refractivity contribution in [3.63, 3.8) is 0 Å². The molecule has 0 saturated carbocycles. The van der Waals surface area contributed by atoms with Crippen LogP contribution in [0, 0.1) is 5.41 Å². The second kappa shape index (κ2) is 8.22. The van der Waals surface area contributed by atoms with Crippen molar-refractivity contribution in [2.45, 2.75) is 35.2 Å². The van der Waals surface area contributed by atoms with E-state index in [2.05, 4.69) is 24.8 Å². The number of hydrogen-bond acceptors (Lipinski definition) is 9. The zero-order chi connectivity index (χ0) is 22.5. The fourth-order valence-electron chi connectivity index (χ4n) is 4.58. The van der Waals surface area contributed by atoms with Gasteiger partial charge in [-0.2, -0.15) is 0 Å². The molecule has 1 fully saturated rings. The third kappa shape index (κ3) is 3.73. The van der Waals surface area contributed by atoms with E-state index in [1.54, 1.807) is 24.7 Å². The first-order valence-electron chi connectivity index (χ1n) is 10.2. The number of halogens is 2. The summed E-state index contributed by atoms with van der Waals surface area (Å²) in [6, 6.07) is 3.67. The van der Waals surface area contributed by atoms with Gasteiger partial charge in [0.25, 0.3) is 0 Å². The number of nitrogen functional groups attached to an aromatic ring is 2. The molecular weight excluding hydrogens is 467 g/mol. The maximum atomic E-state index is 6.66. The Kier molecular flexibility index (Phi) is 5.53. The van der Waals surface area contributed by atoms with Gasteiger partial charge in [-0.05, 0) is 42.4 Å². The molecule has 1 atom stereocenters. The van der Waals surface area contributed by atoms with Crippen molar-refractivity contribution in [3.8, 4) is 0 Å². The van der Waals surface area contributed by atoms with E-state index < -0.39 is 0 Å². The SMILES string of the molecule is Nc1nc(N2CCC3(CC2)Cc2ncc(Cl)cc2[C@H]3N)cnc1Sc1ccnc(N)c1Cl. The normalized spacial score (nSPS) is 19.3. The van der Waals surface area contributed by atoms with Gasteiger partial charge in [-0.15, -0.1) is 0 Å². The highest BCUT2D eigenvalue weighted by molar-refractivity contribution is 7.99. The Balaban J connectivity index is 1.29. The van der Waals surface area contributed by atoms with Crippen molar-refractivity contribution in [2.24, 2.45) is 11.1 Å². The Morgan fingerprint density at radius 1 is 1.06 bits per heavy atom. The van der Waals surface area contributed by atoms with E-state index in [4.69, 9.17) is 40.4 Å². The first-order chi connectivity index (χ1) is 15.4. The van der Waals surface area contributed by atoms with Crippen molar-refractivity contribution >= 4 is 52.4 Å². The second-order valence-corrected chi connectivity index (χ2v) is 10.1. The monoisotopic (exact) mass is 488 g/mol. The van der Waals surface area contributed by atoms with Crippen LogP contribution in [0.25, 0.3) is 0 Å². The Labute approximate surface area is 199 Å². The maximum Gasteiger partial charge on any atom is 0.158 e. The summed E-state index contributed by atoms with van der Waals surface area (Å²) in [5, 5.41) is 1.59. The quantitative estimate of drug-likeness (QED) is 0.503. The number of piperidine rings is 1. The molecule has 2 aliphatic rings. The summed E-state index contributed by atoms with van der Waals surface area (Å²) in [7, 11) is 0. The molecule has 0 aromatic carbocycles. The highest BCUT2D eigenvalue weighted by Gasteiger charge is 2.46. The molecule has 3 aromatic rings. The summed E-state index contributed by atoms with van der Waals surface area (Å²) in [5.41, 5.74) is 20.8. The third-order valence-corrected chi connectivity index (χ3v) is 8.19. The zero-order valence-electron chi connectivity index (χ0n) is 17.1. The Morgan fingerprint density at radius 3 is 2.59 bits per heavy atom. The molecule has 3 aromatic heterocycles. The lowest BCUT2D eigenvalue weighted by Gasteiger charge is -2.42. The second-order valence-electron chi connectivity index (χ2n) is 8.22. The molecule has 0 amide bonds. The lowest BCUT2D eigenvalue weighted by molar-refractivity contribution is 0.186. The van der Waals surface area contributed by atoms with Crippen molar-refractivity contribution in [1.29, 1.82) is 0 Å². The highest BCUT2D eigenvalue weighted by atomic mass is 35.5. The van der Waals surface area contributed by atoms with Crippen molar-refractivity contribution in [2.75, 3.05) is 29.5 Å². The first-order valence-corrected chi connectivity index (χ1v) is 11.8. The van der Waals surface area contributed by atoms with Gasteiger partial charge < -0.3 is 22.1 Å². The van der Waals surface area contributed by atoms with E-state index in [9.17, 15) is 0 Å². The van der Waals surface area contributed by atoms with Gasteiger partial charge in [0.15, 0.2) is 5.82 Å². The van der Waals surface area contributed by atoms with Crippen molar-refractivity contribution in [3.05, 3.63) is 52.0 Å². The highest BCUT2D eigenvalue weighted by Crippen LogP contribution is 2.50. The molecule has 6 N–H and O–H groups in total. The average Bonchev–Trinajstić information content (AvgIpc) is 3.04. The van der Waals surface area contributed by atoms with Gasteiger partial charge in [-0.3, -0.25) is 4.98 Å². The fourth-order valence-corrected chi connectivity index (χ4v) is 5.76. The Bertz CT molecular complexity index is 1180. The van der Waals surface area contributed by atoms with E-state index in [1.165, 1.54) is 11.8 Å². The predicted molar refractivity (Wildman–Crippen MR) is 128 cm³/mol. The van der Waals surface area contributed by atoms with Crippen LogP contribution < -0.4 is 22.1 Å². The van der Waals surface area contributed by atoms with Crippen LogP contribution in [0.3, 0.4) is 0 Å². The molecule has 1 aliphatic heterocycles. The summed E-state index contributed by atoms with van der Waals surface area (Å²) in [4.78, 5) is 20.6. The molecular formula is C21H22Cl2N8S. The summed E-state index contributed by atoms with van der Waals surface area (Å²) in [6.45, 7) is 1.64. The molecule has 5 rings (SSSR count). The predicted octanol–water partition coefficient (Wildman–Crippen LogP) is 3.73. The van der Waals surface area contributed by atoms with Crippen LogP contribution >= 0.6 is 35.0 Å². The smallest absolute Gasteiger partial charge is 0.158 e. The topological polar surface area (TPSA) is 133 Å². The Morgan fingerprint density at radius 2 is 1.84 bits per heavy atom. The van der Waals surface area contributed by atoms with Gasteiger partial charge in [0.05, 0.1) is 16.2 Å². The van der Waals surface area contributed by atoms with Crippen LogP contribution in [0.5, 0.6) is 0 Å². The molecule has 166 valence electrons. The number of nitrogens with two attached hydrogens (primary N) is 3. The summed E-state index contributed by atoms with van der Waals surface area (Å²) >= 11 is 13.7. The van der Waals surface area contributed by atoms with Gasteiger partial charge >= 0.3 is 0 Å². The minimum atomic E-state index is -0.0571. The molecule has 4 heterocycles. The number of hydrogen-bond donors (Lipinski definition) is 3. The number of nitrogens with zero attached hydrogens (tertiary/aromatic N) is 5. The van der Waals surface area contributed by atoms with E-state index in [1.807, 2.05) is 6.07 Å². The fraction of sp³-hybridized carbons (Fsp3) is 0.333.